The number of benzene rings is 1. The Morgan fingerprint density at radius 1 is 1.56 bits per heavy atom. The lowest BCUT2D eigenvalue weighted by molar-refractivity contribution is -0.142. The predicted octanol–water partition coefficient (Wildman–Crippen LogP) is 2.74. The second-order valence-corrected chi connectivity index (χ2v) is 5.77. The fraction of sp³-hybridized carbons (Fsp3) is 0.462. The Hall–Kier alpha value is -0.940. The van der Waals surface area contributed by atoms with Gasteiger partial charge in [-0.1, -0.05) is 28.9 Å². The number of hydrogen-bond acceptors (Lipinski definition) is 2. The predicted molar refractivity (Wildman–Crippen MR) is 69.7 cm³/mol. The number of carbonyl (C=O) groups is 1. The van der Waals surface area contributed by atoms with Crippen molar-refractivity contribution in [1.82, 2.24) is 4.90 Å². The van der Waals surface area contributed by atoms with Gasteiger partial charge in [0.1, 0.15) is 5.82 Å². The molecule has 1 aromatic carbocycles. The topological polar surface area (TPSA) is 40.5 Å². The lowest BCUT2D eigenvalue weighted by Crippen LogP contribution is -2.23. The molecule has 1 aliphatic rings. The van der Waals surface area contributed by atoms with Gasteiger partial charge in [0.05, 0.1) is 5.92 Å². The van der Waals surface area contributed by atoms with Crippen molar-refractivity contribution in [1.29, 1.82) is 0 Å². The summed E-state index contributed by atoms with van der Waals surface area (Å²) in [5.74, 6) is -1.25. The van der Waals surface area contributed by atoms with Gasteiger partial charge in [0.25, 0.3) is 0 Å². The summed E-state index contributed by atoms with van der Waals surface area (Å²) in [5.41, 5.74) is 0.608. The van der Waals surface area contributed by atoms with Gasteiger partial charge in [0, 0.05) is 29.7 Å². The van der Waals surface area contributed by atoms with Crippen LogP contribution in [-0.2, 0) is 11.3 Å². The minimum atomic E-state index is -0.763. The first-order valence-corrected chi connectivity index (χ1v) is 6.65. The Morgan fingerprint density at radius 2 is 2.28 bits per heavy atom. The van der Waals surface area contributed by atoms with E-state index in [0.717, 1.165) is 0 Å². The van der Waals surface area contributed by atoms with Crippen molar-refractivity contribution in [2.45, 2.75) is 13.5 Å². The summed E-state index contributed by atoms with van der Waals surface area (Å²) in [4.78, 5) is 13.0. The third kappa shape index (κ3) is 2.90. The van der Waals surface area contributed by atoms with Gasteiger partial charge in [-0.15, -0.1) is 0 Å². The first-order valence-electron chi connectivity index (χ1n) is 5.86. The van der Waals surface area contributed by atoms with Gasteiger partial charge in [-0.05, 0) is 18.1 Å². The molecule has 1 aromatic rings. The molecule has 0 bridgehead atoms. The molecule has 3 nitrogen and oxygen atoms in total. The first kappa shape index (κ1) is 13.5. The maximum Gasteiger partial charge on any atom is 0.308 e. The zero-order chi connectivity index (χ0) is 13.3. The van der Waals surface area contributed by atoms with E-state index in [1.54, 1.807) is 12.1 Å². The Kier molecular flexibility index (Phi) is 4.02. The highest BCUT2D eigenvalue weighted by atomic mass is 79.9. The van der Waals surface area contributed by atoms with Gasteiger partial charge in [-0.2, -0.15) is 0 Å². The van der Waals surface area contributed by atoms with Crippen LogP contribution < -0.4 is 0 Å². The first-order chi connectivity index (χ1) is 8.47. The van der Waals surface area contributed by atoms with E-state index in [2.05, 4.69) is 15.9 Å². The van der Waals surface area contributed by atoms with Crippen LogP contribution >= 0.6 is 15.9 Å². The number of carboxylic acid groups (broad SMARTS) is 1. The zero-order valence-corrected chi connectivity index (χ0v) is 11.7. The molecule has 0 aliphatic carbocycles. The summed E-state index contributed by atoms with van der Waals surface area (Å²) < 4.78 is 14.4. The Labute approximate surface area is 114 Å². The molecule has 2 unspecified atom stereocenters. The van der Waals surface area contributed by atoms with Crippen molar-refractivity contribution in [3.05, 3.63) is 34.1 Å². The summed E-state index contributed by atoms with van der Waals surface area (Å²) >= 11 is 3.22. The number of rotatable bonds is 3. The van der Waals surface area contributed by atoms with E-state index < -0.39 is 5.97 Å². The molecule has 1 aliphatic heterocycles. The molecule has 0 amide bonds. The van der Waals surface area contributed by atoms with Gasteiger partial charge in [0.2, 0.25) is 0 Å². The Balaban J connectivity index is 2.05. The third-order valence-corrected chi connectivity index (χ3v) is 3.91. The number of likely N-dealkylation sites (tertiary alicyclic amines) is 1. The van der Waals surface area contributed by atoms with E-state index in [0.29, 0.717) is 29.7 Å². The molecule has 1 saturated heterocycles. The van der Waals surface area contributed by atoms with Crippen molar-refractivity contribution in [3.63, 3.8) is 0 Å². The lowest BCUT2D eigenvalue weighted by Gasteiger charge is -2.15. The maximum absolute atomic E-state index is 13.7. The van der Waals surface area contributed by atoms with Gasteiger partial charge in [-0.3, -0.25) is 9.69 Å². The van der Waals surface area contributed by atoms with Crippen molar-refractivity contribution in [3.8, 4) is 0 Å². The fourth-order valence-electron chi connectivity index (χ4n) is 2.41. The van der Waals surface area contributed by atoms with Crippen LogP contribution in [0.4, 0.5) is 4.39 Å². The van der Waals surface area contributed by atoms with E-state index >= 15 is 0 Å². The lowest BCUT2D eigenvalue weighted by atomic mass is 9.99. The summed E-state index contributed by atoms with van der Waals surface area (Å²) in [6, 6.07) is 4.97. The summed E-state index contributed by atoms with van der Waals surface area (Å²) in [7, 11) is 0. The van der Waals surface area contributed by atoms with Crippen molar-refractivity contribution >= 4 is 21.9 Å². The molecule has 0 saturated carbocycles. The molecule has 5 heteroatoms. The second kappa shape index (κ2) is 5.36. The van der Waals surface area contributed by atoms with Crippen LogP contribution in [0.1, 0.15) is 12.5 Å². The maximum atomic E-state index is 13.7. The van der Waals surface area contributed by atoms with Crippen LogP contribution in [0.2, 0.25) is 0 Å². The van der Waals surface area contributed by atoms with Crippen LogP contribution in [0.15, 0.2) is 22.7 Å². The highest BCUT2D eigenvalue weighted by molar-refractivity contribution is 9.10. The fourth-order valence-corrected chi connectivity index (χ4v) is 2.74. The van der Waals surface area contributed by atoms with E-state index in [1.165, 1.54) is 6.07 Å². The minimum absolute atomic E-state index is 0.112. The quantitative estimate of drug-likeness (QED) is 0.932. The number of nitrogens with zero attached hydrogens (tertiary/aromatic N) is 1. The Morgan fingerprint density at radius 3 is 2.83 bits per heavy atom. The molecule has 1 N–H and O–H groups in total. The number of carboxylic acids is 1. The van der Waals surface area contributed by atoms with Crippen LogP contribution in [0, 0.1) is 17.7 Å². The van der Waals surface area contributed by atoms with Crippen LogP contribution in [0.5, 0.6) is 0 Å². The van der Waals surface area contributed by atoms with Crippen LogP contribution in [0.25, 0.3) is 0 Å². The van der Waals surface area contributed by atoms with E-state index in [4.69, 9.17) is 5.11 Å². The average molecular weight is 316 g/mol. The molecule has 1 heterocycles. The second-order valence-electron chi connectivity index (χ2n) is 4.85. The van der Waals surface area contributed by atoms with E-state index in [9.17, 15) is 9.18 Å². The number of aliphatic carboxylic acids is 1. The molecule has 98 valence electrons. The number of halogens is 2. The molecule has 0 spiro atoms. The molecule has 2 atom stereocenters. The summed E-state index contributed by atoms with van der Waals surface area (Å²) in [6.45, 7) is 3.59. The monoisotopic (exact) mass is 315 g/mol. The van der Waals surface area contributed by atoms with E-state index in [-0.39, 0.29) is 17.7 Å². The molecular weight excluding hydrogens is 301 g/mol. The standard InChI is InChI=1S/C13H15BrFNO2/c1-8-5-16(7-11(8)13(17)18)6-9-2-3-10(14)4-12(9)15/h2-4,8,11H,5-7H2,1H3,(H,17,18). The van der Waals surface area contributed by atoms with E-state index in [1.807, 2.05) is 11.8 Å². The summed E-state index contributed by atoms with van der Waals surface area (Å²) in [6.07, 6.45) is 0. The Bertz CT molecular complexity index is 466. The summed E-state index contributed by atoms with van der Waals surface area (Å²) in [5, 5.41) is 9.05. The van der Waals surface area contributed by atoms with Gasteiger partial charge >= 0.3 is 5.97 Å². The molecule has 0 radical (unpaired) electrons. The molecule has 1 fully saturated rings. The molecule has 2 rings (SSSR count). The van der Waals surface area contributed by atoms with Crippen LogP contribution in [0.3, 0.4) is 0 Å². The largest absolute Gasteiger partial charge is 0.481 e. The highest BCUT2D eigenvalue weighted by Crippen LogP contribution is 2.25. The smallest absolute Gasteiger partial charge is 0.308 e. The zero-order valence-electron chi connectivity index (χ0n) is 10.1. The minimum Gasteiger partial charge on any atom is -0.481 e. The van der Waals surface area contributed by atoms with Crippen LogP contribution in [-0.4, -0.2) is 29.1 Å². The van der Waals surface area contributed by atoms with Gasteiger partial charge in [0.15, 0.2) is 0 Å². The van der Waals surface area contributed by atoms with Crippen molar-refractivity contribution in [2.24, 2.45) is 11.8 Å². The van der Waals surface area contributed by atoms with Gasteiger partial charge < -0.3 is 5.11 Å². The highest BCUT2D eigenvalue weighted by Gasteiger charge is 2.34. The number of hydrogen-bond donors (Lipinski definition) is 1. The van der Waals surface area contributed by atoms with Crippen molar-refractivity contribution < 1.29 is 14.3 Å². The normalized spacial score (nSPS) is 24.4. The SMILES string of the molecule is CC1CN(Cc2ccc(Br)cc2F)CC1C(=O)O. The molecular formula is C13H15BrFNO2. The third-order valence-electron chi connectivity index (χ3n) is 3.41. The van der Waals surface area contributed by atoms with Gasteiger partial charge in [-0.25, -0.2) is 4.39 Å². The molecule has 18 heavy (non-hydrogen) atoms. The average Bonchev–Trinajstić information content (AvgIpc) is 2.64. The van der Waals surface area contributed by atoms with Crippen molar-refractivity contribution in [2.75, 3.05) is 13.1 Å². The molecule has 0 aromatic heterocycles.